The Morgan fingerprint density at radius 1 is 1.00 bits per heavy atom. The summed E-state index contributed by atoms with van der Waals surface area (Å²) < 4.78 is 2.05. The van der Waals surface area contributed by atoms with Gasteiger partial charge in [-0.25, -0.2) is 4.98 Å². The highest BCUT2D eigenvalue weighted by molar-refractivity contribution is 6.03. The molecule has 0 saturated carbocycles. The van der Waals surface area contributed by atoms with Crippen LogP contribution in [-0.2, 0) is 16.1 Å². The van der Waals surface area contributed by atoms with Gasteiger partial charge in [-0.05, 0) is 38.0 Å². The maximum absolute atomic E-state index is 12.5. The fraction of sp³-hybridized carbons (Fsp3) is 0.261. The SMILES string of the molecule is Cc1ccc(NC(=O)CC(=O)NC(CCn2ccnc2C)c2ccccc2)cc1. The number of carbonyl (C=O) groups is 2. The first-order valence-electron chi connectivity index (χ1n) is 9.70. The van der Waals surface area contributed by atoms with Crippen molar-refractivity contribution in [3.8, 4) is 0 Å². The number of imidazole rings is 1. The molecule has 1 aromatic heterocycles. The smallest absolute Gasteiger partial charge is 0.233 e. The second kappa shape index (κ2) is 9.68. The molecule has 1 atom stereocenters. The predicted octanol–water partition coefficient (Wildman–Crippen LogP) is 3.78. The van der Waals surface area contributed by atoms with E-state index in [1.165, 1.54) is 0 Å². The Balaban J connectivity index is 1.60. The Morgan fingerprint density at radius 3 is 2.38 bits per heavy atom. The van der Waals surface area contributed by atoms with E-state index in [-0.39, 0.29) is 24.3 Å². The van der Waals surface area contributed by atoms with Crippen LogP contribution in [0.15, 0.2) is 67.0 Å². The van der Waals surface area contributed by atoms with Crippen LogP contribution in [0.5, 0.6) is 0 Å². The molecule has 29 heavy (non-hydrogen) atoms. The van der Waals surface area contributed by atoms with Gasteiger partial charge >= 0.3 is 0 Å². The minimum atomic E-state index is -0.330. The molecule has 2 N–H and O–H groups in total. The van der Waals surface area contributed by atoms with Crippen molar-refractivity contribution in [2.45, 2.75) is 39.3 Å². The van der Waals surface area contributed by atoms with E-state index in [4.69, 9.17) is 0 Å². The Kier molecular flexibility index (Phi) is 6.79. The largest absolute Gasteiger partial charge is 0.349 e. The third-order valence-corrected chi connectivity index (χ3v) is 4.78. The third kappa shape index (κ3) is 6.04. The molecule has 0 saturated heterocycles. The van der Waals surface area contributed by atoms with E-state index in [9.17, 15) is 9.59 Å². The quantitative estimate of drug-likeness (QED) is 0.575. The van der Waals surface area contributed by atoms with Gasteiger partial charge in [0.1, 0.15) is 12.2 Å². The van der Waals surface area contributed by atoms with Crippen molar-refractivity contribution < 1.29 is 9.59 Å². The van der Waals surface area contributed by atoms with Crippen LogP contribution >= 0.6 is 0 Å². The molecular weight excluding hydrogens is 364 g/mol. The summed E-state index contributed by atoms with van der Waals surface area (Å²) in [6.07, 6.45) is 4.17. The fourth-order valence-corrected chi connectivity index (χ4v) is 3.15. The average Bonchev–Trinajstić information content (AvgIpc) is 3.12. The zero-order valence-electron chi connectivity index (χ0n) is 16.8. The van der Waals surface area contributed by atoms with Crippen LogP contribution in [0, 0.1) is 13.8 Å². The highest BCUT2D eigenvalue weighted by atomic mass is 16.2. The molecular formula is C23H26N4O2. The minimum absolute atomic E-state index is 0.183. The summed E-state index contributed by atoms with van der Waals surface area (Å²) in [5, 5.41) is 5.77. The van der Waals surface area contributed by atoms with Crippen molar-refractivity contribution in [2.75, 3.05) is 5.32 Å². The molecule has 3 aromatic rings. The monoisotopic (exact) mass is 390 g/mol. The molecule has 1 unspecified atom stereocenters. The summed E-state index contributed by atoms with van der Waals surface area (Å²) in [5.74, 6) is 0.301. The van der Waals surface area contributed by atoms with Crippen LogP contribution in [-0.4, -0.2) is 21.4 Å². The van der Waals surface area contributed by atoms with Gasteiger partial charge < -0.3 is 15.2 Å². The van der Waals surface area contributed by atoms with Crippen LogP contribution in [0.25, 0.3) is 0 Å². The topological polar surface area (TPSA) is 76.0 Å². The van der Waals surface area contributed by atoms with E-state index in [1.54, 1.807) is 6.20 Å². The standard InChI is InChI=1S/C23H26N4O2/c1-17-8-10-20(11-9-17)25-22(28)16-23(29)26-21(19-6-4-3-5-7-19)12-14-27-15-13-24-18(27)2/h3-11,13,15,21H,12,14,16H2,1-2H3,(H,25,28)(H,26,29). The van der Waals surface area contributed by atoms with Crippen LogP contribution in [0.1, 0.15) is 35.8 Å². The van der Waals surface area contributed by atoms with Gasteiger partial charge in [0.15, 0.2) is 0 Å². The van der Waals surface area contributed by atoms with Crippen molar-refractivity contribution in [1.82, 2.24) is 14.9 Å². The molecule has 1 heterocycles. The van der Waals surface area contributed by atoms with Crippen molar-refractivity contribution >= 4 is 17.5 Å². The summed E-state index contributed by atoms with van der Waals surface area (Å²) in [5.41, 5.74) is 2.81. The van der Waals surface area contributed by atoms with Crippen LogP contribution < -0.4 is 10.6 Å². The number of aromatic nitrogens is 2. The first kappa shape index (κ1) is 20.3. The van der Waals surface area contributed by atoms with Gasteiger partial charge in [0, 0.05) is 24.6 Å². The van der Waals surface area contributed by atoms with Gasteiger partial charge in [0.25, 0.3) is 0 Å². The summed E-state index contributed by atoms with van der Waals surface area (Å²) in [6.45, 7) is 4.65. The number of carbonyl (C=O) groups excluding carboxylic acids is 2. The lowest BCUT2D eigenvalue weighted by molar-refractivity contribution is -0.127. The van der Waals surface area contributed by atoms with Crippen LogP contribution in [0.3, 0.4) is 0 Å². The lowest BCUT2D eigenvalue weighted by Gasteiger charge is -2.20. The number of nitrogens with zero attached hydrogens (tertiary/aromatic N) is 2. The van der Waals surface area contributed by atoms with Crippen LogP contribution in [0.4, 0.5) is 5.69 Å². The molecule has 2 amide bonds. The van der Waals surface area contributed by atoms with Crippen LogP contribution in [0.2, 0.25) is 0 Å². The van der Waals surface area contributed by atoms with E-state index >= 15 is 0 Å². The first-order valence-corrected chi connectivity index (χ1v) is 9.70. The number of anilines is 1. The van der Waals surface area contributed by atoms with Crippen molar-refractivity contribution in [3.05, 3.63) is 83.9 Å². The zero-order chi connectivity index (χ0) is 20.6. The summed E-state index contributed by atoms with van der Waals surface area (Å²) >= 11 is 0. The van der Waals surface area contributed by atoms with E-state index in [1.807, 2.05) is 79.2 Å². The normalized spacial score (nSPS) is 11.7. The number of aryl methyl sites for hydroxylation is 3. The maximum Gasteiger partial charge on any atom is 0.233 e. The minimum Gasteiger partial charge on any atom is -0.349 e. The Bertz CT molecular complexity index is 949. The van der Waals surface area contributed by atoms with Gasteiger partial charge in [0.2, 0.25) is 11.8 Å². The maximum atomic E-state index is 12.5. The van der Waals surface area contributed by atoms with Crippen molar-refractivity contribution in [3.63, 3.8) is 0 Å². The summed E-state index contributed by atoms with van der Waals surface area (Å²) in [6, 6.07) is 17.1. The average molecular weight is 390 g/mol. The van der Waals surface area contributed by atoms with Gasteiger partial charge in [-0.1, -0.05) is 48.0 Å². The molecule has 0 aliphatic rings. The third-order valence-electron chi connectivity index (χ3n) is 4.78. The van der Waals surface area contributed by atoms with E-state index in [0.717, 1.165) is 23.5 Å². The first-order chi connectivity index (χ1) is 14.0. The number of hydrogen-bond acceptors (Lipinski definition) is 3. The summed E-state index contributed by atoms with van der Waals surface area (Å²) in [4.78, 5) is 29.0. The number of rotatable bonds is 8. The molecule has 0 fully saturated rings. The van der Waals surface area contributed by atoms with E-state index in [0.29, 0.717) is 12.1 Å². The molecule has 2 aromatic carbocycles. The molecule has 0 bridgehead atoms. The van der Waals surface area contributed by atoms with Gasteiger partial charge in [-0.15, -0.1) is 0 Å². The van der Waals surface area contributed by atoms with Gasteiger partial charge in [-0.2, -0.15) is 0 Å². The number of nitrogens with one attached hydrogen (secondary N) is 2. The Morgan fingerprint density at radius 2 is 1.72 bits per heavy atom. The highest BCUT2D eigenvalue weighted by Crippen LogP contribution is 2.18. The fourth-order valence-electron chi connectivity index (χ4n) is 3.15. The number of hydrogen-bond donors (Lipinski definition) is 2. The highest BCUT2D eigenvalue weighted by Gasteiger charge is 2.17. The molecule has 6 nitrogen and oxygen atoms in total. The molecule has 150 valence electrons. The molecule has 0 radical (unpaired) electrons. The zero-order valence-corrected chi connectivity index (χ0v) is 16.8. The van der Waals surface area contributed by atoms with Crippen molar-refractivity contribution in [2.24, 2.45) is 0 Å². The molecule has 0 aliphatic carbocycles. The molecule has 6 heteroatoms. The second-order valence-corrected chi connectivity index (χ2v) is 7.08. The summed E-state index contributed by atoms with van der Waals surface area (Å²) in [7, 11) is 0. The molecule has 0 spiro atoms. The Labute approximate surface area is 171 Å². The molecule has 0 aliphatic heterocycles. The number of amides is 2. The lowest BCUT2D eigenvalue weighted by atomic mass is 10.0. The van der Waals surface area contributed by atoms with E-state index < -0.39 is 0 Å². The second-order valence-electron chi connectivity index (χ2n) is 7.08. The van der Waals surface area contributed by atoms with Gasteiger partial charge in [-0.3, -0.25) is 9.59 Å². The van der Waals surface area contributed by atoms with Crippen molar-refractivity contribution in [1.29, 1.82) is 0 Å². The molecule has 3 rings (SSSR count). The number of benzene rings is 2. The lowest BCUT2D eigenvalue weighted by Crippen LogP contribution is -2.32. The Hall–Kier alpha value is -3.41. The van der Waals surface area contributed by atoms with E-state index in [2.05, 4.69) is 15.6 Å². The van der Waals surface area contributed by atoms with Gasteiger partial charge in [0.05, 0.1) is 6.04 Å². The predicted molar refractivity (Wildman–Crippen MR) is 113 cm³/mol.